The van der Waals surface area contributed by atoms with Gasteiger partial charge in [-0.05, 0) is 32.6 Å². The molecule has 0 aromatic carbocycles. The molecule has 3 fully saturated rings. The van der Waals surface area contributed by atoms with Crippen LogP contribution in [0.15, 0.2) is 16.8 Å². The second-order valence-corrected chi connectivity index (χ2v) is 8.50. The number of aromatic nitrogens is 3. The molecule has 5 heterocycles. The van der Waals surface area contributed by atoms with Gasteiger partial charge in [-0.15, -0.1) is 0 Å². The molecule has 3 aliphatic heterocycles. The third-order valence-electron chi connectivity index (χ3n) is 6.39. The number of morpholine rings is 1. The van der Waals surface area contributed by atoms with Crippen LogP contribution < -0.4 is 4.90 Å². The van der Waals surface area contributed by atoms with Crippen molar-refractivity contribution < 1.29 is 18.8 Å². The number of amides is 1. The van der Waals surface area contributed by atoms with E-state index in [1.165, 1.54) is 0 Å². The Morgan fingerprint density at radius 3 is 2.58 bits per heavy atom. The molecule has 5 rings (SSSR count). The van der Waals surface area contributed by atoms with Crippen molar-refractivity contribution in [1.82, 2.24) is 20.0 Å². The topological polar surface area (TPSA) is 93.8 Å². The number of anilines is 1. The van der Waals surface area contributed by atoms with Gasteiger partial charge in [0.15, 0.2) is 5.76 Å². The number of carbonyl (C=O) groups excluding carboxylic acids is 1. The zero-order valence-electron chi connectivity index (χ0n) is 18.0. The number of hydrogen-bond donors (Lipinski definition) is 0. The van der Waals surface area contributed by atoms with Crippen LogP contribution in [0.4, 0.5) is 5.95 Å². The fourth-order valence-electron chi connectivity index (χ4n) is 4.64. The standard InChI is InChI=1S/C22H29N5O4/c1-15-13-19(31-25-15)17-14-23-22(27-8-11-29-12-9-27)24-20(17)16-4-6-26(7-5-16)21(28)18-3-2-10-30-18/h13-14,16,18H,2-12H2,1H3. The number of aryl methyl sites for hydroxylation is 1. The lowest BCUT2D eigenvalue weighted by molar-refractivity contribution is -0.142. The molecule has 31 heavy (non-hydrogen) atoms. The first-order valence-corrected chi connectivity index (χ1v) is 11.2. The Kier molecular flexibility index (Phi) is 5.87. The number of carbonyl (C=O) groups is 1. The van der Waals surface area contributed by atoms with Crippen LogP contribution in [0.3, 0.4) is 0 Å². The molecule has 1 atom stereocenters. The first kappa shape index (κ1) is 20.4. The Bertz CT molecular complexity index is 912. The summed E-state index contributed by atoms with van der Waals surface area (Å²) in [7, 11) is 0. The second kappa shape index (κ2) is 8.92. The fraction of sp³-hybridized carbons (Fsp3) is 0.636. The Labute approximate surface area is 181 Å². The molecule has 1 amide bonds. The Balaban J connectivity index is 1.37. The fourth-order valence-corrected chi connectivity index (χ4v) is 4.64. The molecule has 0 radical (unpaired) electrons. The molecule has 1 unspecified atom stereocenters. The van der Waals surface area contributed by atoms with Gasteiger partial charge in [0.05, 0.1) is 30.2 Å². The SMILES string of the molecule is Cc1cc(-c2cnc(N3CCOCC3)nc2C2CCN(C(=O)C3CCCO3)CC2)on1. The van der Waals surface area contributed by atoms with Crippen LogP contribution in [0.1, 0.15) is 43.0 Å². The lowest BCUT2D eigenvalue weighted by Crippen LogP contribution is -2.43. The summed E-state index contributed by atoms with van der Waals surface area (Å²) in [5, 5.41) is 4.05. The van der Waals surface area contributed by atoms with Crippen LogP contribution in [0.5, 0.6) is 0 Å². The summed E-state index contributed by atoms with van der Waals surface area (Å²) in [5.41, 5.74) is 2.70. The van der Waals surface area contributed by atoms with Crippen molar-refractivity contribution in [2.45, 2.75) is 44.6 Å². The minimum atomic E-state index is -0.253. The van der Waals surface area contributed by atoms with E-state index >= 15 is 0 Å². The Morgan fingerprint density at radius 2 is 1.90 bits per heavy atom. The van der Waals surface area contributed by atoms with E-state index in [2.05, 4.69) is 15.0 Å². The van der Waals surface area contributed by atoms with E-state index in [0.717, 1.165) is 74.8 Å². The van der Waals surface area contributed by atoms with Crippen molar-refractivity contribution in [3.05, 3.63) is 23.7 Å². The Hall–Kier alpha value is -2.52. The van der Waals surface area contributed by atoms with Gasteiger partial charge in [0.25, 0.3) is 5.91 Å². The van der Waals surface area contributed by atoms with Crippen molar-refractivity contribution in [3.8, 4) is 11.3 Å². The second-order valence-electron chi connectivity index (χ2n) is 8.50. The monoisotopic (exact) mass is 427 g/mol. The molecule has 3 saturated heterocycles. The zero-order valence-corrected chi connectivity index (χ0v) is 18.0. The van der Waals surface area contributed by atoms with Gasteiger partial charge in [0.2, 0.25) is 5.95 Å². The predicted molar refractivity (Wildman–Crippen MR) is 113 cm³/mol. The van der Waals surface area contributed by atoms with E-state index < -0.39 is 0 Å². The van der Waals surface area contributed by atoms with Crippen molar-refractivity contribution >= 4 is 11.9 Å². The number of hydrogen-bond acceptors (Lipinski definition) is 8. The van der Waals surface area contributed by atoms with Gasteiger partial charge in [0.1, 0.15) is 6.10 Å². The van der Waals surface area contributed by atoms with E-state index in [9.17, 15) is 4.79 Å². The summed E-state index contributed by atoms with van der Waals surface area (Å²) in [6.45, 7) is 6.98. The highest BCUT2D eigenvalue weighted by Gasteiger charge is 2.33. The van der Waals surface area contributed by atoms with E-state index in [4.69, 9.17) is 19.0 Å². The normalized spacial score (nSPS) is 22.8. The molecular formula is C22H29N5O4. The number of nitrogens with zero attached hydrogens (tertiary/aromatic N) is 5. The molecule has 0 aliphatic carbocycles. The summed E-state index contributed by atoms with van der Waals surface area (Å²) in [4.78, 5) is 26.5. The van der Waals surface area contributed by atoms with E-state index in [-0.39, 0.29) is 17.9 Å². The third-order valence-corrected chi connectivity index (χ3v) is 6.39. The third kappa shape index (κ3) is 4.29. The summed E-state index contributed by atoms with van der Waals surface area (Å²) in [5.74, 6) is 1.80. The van der Waals surface area contributed by atoms with Crippen LogP contribution in [0.25, 0.3) is 11.3 Å². The molecule has 0 saturated carbocycles. The molecule has 9 heteroatoms. The highest BCUT2D eigenvalue weighted by molar-refractivity contribution is 5.81. The van der Waals surface area contributed by atoms with Crippen LogP contribution in [-0.2, 0) is 14.3 Å². The van der Waals surface area contributed by atoms with Crippen LogP contribution in [0, 0.1) is 6.92 Å². The van der Waals surface area contributed by atoms with Gasteiger partial charge >= 0.3 is 0 Å². The van der Waals surface area contributed by atoms with Gasteiger partial charge in [0, 0.05) is 51.0 Å². The summed E-state index contributed by atoms with van der Waals surface area (Å²) in [6, 6.07) is 1.92. The van der Waals surface area contributed by atoms with Gasteiger partial charge < -0.3 is 23.8 Å². The minimum Gasteiger partial charge on any atom is -0.378 e. The molecule has 0 bridgehead atoms. The van der Waals surface area contributed by atoms with E-state index in [0.29, 0.717) is 25.6 Å². The van der Waals surface area contributed by atoms with Gasteiger partial charge in [-0.2, -0.15) is 0 Å². The molecule has 2 aromatic heterocycles. The molecule has 0 spiro atoms. The maximum Gasteiger partial charge on any atom is 0.251 e. The largest absolute Gasteiger partial charge is 0.378 e. The lowest BCUT2D eigenvalue weighted by atomic mass is 9.90. The smallest absolute Gasteiger partial charge is 0.251 e. The minimum absolute atomic E-state index is 0.138. The van der Waals surface area contributed by atoms with Crippen molar-refractivity contribution in [2.24, 2.45) is 0 Å². The molecule has 0 N–H and O–H groups in total. The van der Waals surface area contributed by atoms with E-state index in [1.54, 1.807) is 0 Å². The molecular weight excluding hydrogens is 398 g/mol. The van der Waals surface area contributed by atoms with Crippen molar-refractivity contribution in [3.63, 3.8) is 0 Å². The van der Waals surface area contributed by atoms with Crippen molar-refractivity contribution in [1.29, 1.82) is 0 Å². The first-order chi connectivity index (χ1) is 15.2. The maximum atomic E-state index is 12.7. The molecule has 3 aliphatic rings. The summed E-state index contributed by atoms with van der Waals surface area (Å²) >= 11 is 0. The average molecular weight is 428 g/mol. The van der Waals surface area contributed by atoms with Crippen molar-refractivity contribution in [2.75, 3.05) is 50.9 Å². The zero-order chi connectivity index (χ0) is 21.2. The quantitative estimate of drug-likeness (QED) is 0.733. The summed E-state index contributed by atoms with van der Waals surface area (Å²) < 4.78 is 16.6. The number of likely N-dealkylation sites (tertiary alicyclic amines) is 1. The predicted octanol–water partition coefficient (Wildman–Crippen LogP) is 2.16. The molecule has 9 nitrogen and oxygen atoms in total. The molecule has 2 aromatic rings. The lowest BCUT2D eigenvalue weighted by Gasteiger charge is -2.34. The highest BCUT2D eigenvalue weighted by Crippen LogP contribution is 2.35. The summed E-state index contributed by atoms with van der Waals surface area (Å²) in [6.07, 6.45) is 5.13. The molecule has 166 valence electrons. The average Bonchev–Trinajstić information content (AvgIpc) is 3.51. The maximum absolute atomic E-state index is 12.7. The number of rotatable bonds is 4. The van der Waals surface area contributed by atoms with Crippen LogP contribution >= 0.6 is 0 Å². The van der Waals surface area contributed by atoms with Gasteiger partial charge in [-0.1, -0.05) is 5.16 Å². The number of ether oxygens (including phenoxy) is 2. The van der Waals surface area contributed by atoms with Crippen LogP contribution in [0.2, 0.25) is 0 Å². The van der Waals surface area contributed by atoms with Crippen LogP contribution in [-0.4, -0.2) is 78.0 Å². The van der Waals surface area contributed by atoms with Gasteiger partial charge in [-0.25, -0.2) is 9.97 Å². The Morgan fingerprint density at radius 1 is 1.10 bits per heavy atom. The number of piperidine rings is 1. The van der Waals surface area contributed by atoms with Gasteiger partial charge in [-0.3, -0.25) is 4.79 Å². The van der Waals surface area contributed by atoms with E-state index in [1.807, 2.05) is 24.1 Å². The highest BCUT2D eigenvalue weighted by atomic mass is 16.5. The first-order valence-electron chi connectivity index (χ1n) is 11.2.